The maximum atomic E-state index is 4.70. The van der Waals surface area contributed by atoms with E-state index < -0.39 is 0 Å². The Morgan fingerprint density at radius 1 is 1.25 bits per heavy atom. The molecular weight excluding hydrogens is 266 g/mol. The van der Waals surface area contributed by atoms with Gasteiger partial charge in [-0.15, -0.1) is 0 Å². The SMILES string of the molecule is Brc1ccc(CC2=NC3CNCC3N2)cc1. The van der Waals surface area contributed by atoms with E-state index in [2.05, 4.69) is 50.8 Å². The van der Waals surface area contributed by atoms with Crippen LogP contribution in [0.25, 0.3) is 0 Å². The zero-order valence-corrected chi connectivity index (χ0v) is 10.5. The molecule has 2 N–H and O–H groups in total. The van der Waals surface area contributed by atoms with Gasteiger partial charge < -0.3 is 10.6 Å². The minimum absolute atomic E-state index is 0.449. The van der Waals surface area contributed by atoms with Crippen LogP contribution in [0.4, 0.5) is 0 Å². The predicted molar refractivity (Wildman–Crippen MR) is 68.9 cm³/mol. The smallest absolute Gasteiger partial charge is 0.102 e. The van der Waals surface area contributed by atoms with Gasteiger partial charge in [-0.25, -0.2) is 0 Å². The van der Waals surface area contributed by atoms with Crippen LogP contribution in [-0.4, -0.2) is 31.0 Å². The second-order valence-corrected chi connectivity index (χ2v) is 5.27. The lowest BCUT2D eigenvalue weighted by Crippen LogP contribution is -2.35. The number of halogens is 1. The second kappa shape index (κ2) is 4.18. The van der Waals surface area contributed by atoms with Gasteiger partial charge in [0.2, 0.25) is 0 Å². The molecule has 0 radical (unpaired) electrons. The molecule has 2 heterocycles. The quantitative estimate of drug-likeness (QED) is 0.857. The Morgan fingerprint density at radius 2 is 2.06 bits per heavy atom. The first kappa shape index (κ1) is 10.3. The molecular formula is C12H14BrN3. The van der Waals surface area contributed by atoms with Crippen LogP contribution in [0, 0.1) is 0 Å². The molecule has 1 fully saturated rings. The third kappa shape index (κ3) is 1.99. The van der Waals surface area contributed by atoms with E-state index in [-0.39, 0.29) is 0 Å². The molecule has 1 aromatic rings. The summed E-state index contributed by atoms with van der Waals surface area (Å²) >= 11 is 3.44. The van der Waals surface area contributed by atoms with Crippen molar-refractivity contribution in [2.24, 2.45) is 4.99 Å². The van der Waals surface area contributed by atoms with E-state index in [4.69, 9.17) is 4.99 Å². The highest BCUT2D eigenvalue weighted by Crippen LogP contribution is 2.15. The van der Waals surface area contributed by atoms with Crippen LogP contribution in [0.3, 0.4) is 0 Å². The maximum absolute atomic E-state index is 4.70. The highest BCUT2D eigenvalue weighted by Gasteiger charge is 2.32. The van der Waals surface area contributed by atoms with Crippen LogP contribution in [0.2, 0.25) is 0 Å². The van der Waals surface area contributed by atoms with Crippen molar-refractivity contribution in [2.75, 3.05) is 13.1 Å². The highest BCUT2D eigenvalue weighted by molar-refractivity contribution is 9.10. The number of benzene rings is 1. The van der Waals surface area contributed by atoms with Gasteiger partial charge in [-0.3, -0.25) is 4.99 Å². The number of nitrogens with one attached hydrogen (secondary N) is 2. The molecule has 1 saturated heterocycles. The molecule has 2 atom stereocenters. The summed E-state index contributed by atoms with van der Waals surface area (Å²) in [6, 6.07) is 9.40. The Bertz CT molecular complexity index is 413. The van der Waals surface area contributed by atoms with Crippen molar-refractivity contribution in [3.05, 3.63) is 34.3 Å². The lowest BCUT2D eigenvalue weighted by atomic mass is 10.1. The Kier molecular flexibility index (Phi) is 2.69. The molecule has 0 amide bonds. The number of amidine groups is 1. The zero-order valence-electron chi connectivity index (χ0n) is 8.91. The summed E-state index contributed by atoms with van der Waals surface area (Å²) in [5.74, 6) is 1.14. The summed E-state index contributed by atoms with van der Waals surface area (Å²) in [6.45, 7) is 2.06. The second-order valence-electron chi connectivity index (χ2n) is 4.36. The van der Waals surface area contributed by atoms with Crippen molar-refractivity contribution in [3.8, 4) is 0 Å². The van der Waals surface area contributed by atoms with E-state index in [9.17, 15) is 0 Å². The van der Waals surface area contributed by atoms with Crippen LogP contribution >= 0.6 is 15.9 Å². The molecule has 0 saturated carbocycles. The number of hydrogen-bond acceptors (Lipinski definition) is 3. The summed E-state index contributed by atoms with van der Waals surface area (Å²) in [7, 11) is 0. The minimum Gasteiger partial charge on any atom is -0.367 e. The predicted octanol–water partition coefficient (Wildman–Crippen LogP) is 1.33. The number of nitrogens with zero attached hydrogens (tertiary/aromatic N) is 1. The Morgan fingerprint density at radius 3 is 2.81 bits per heavy atom. The van der Waals surface area contributed by atoms with Crippen LogP contribution < -0.4 is 10.6 Å². The molecule has 2 aliphatic rings. The molecule has 2 aliphatic heterocycles. The summed E-state index contributed by atoms with van der Waals surface area (Å²) in [6.07, 6.45) is 0.917. The van der Waals surface area contributed by atoms with Crippen LogP contribution in [-0.2, 0) is 6.42 Å². The van der Waals surface area contributed by atoms with Gasteiger partial charge in [0.1, 0.15) is 5.84 Å². The molecule has 84 valence electrons. The first-order valence-electron chi connectivity index (χ1n) is 5.59. The zero-order chi connectivity index (χ0) is 11.0. The fourth-order valence-corrected chi connectivity index (χ4v) is 2.56. The Labute approximate surface area is 103 Å². The maximum Gasteiger partial charge on any atom is 0.102 e. The first-order chi connectivity index (χ1) is 7.81. The molecule has 0 spiro atoms. The van der Waals surface area contributed by atoms with E-state index in [1.807, 2.05) is 0 Å². The van der Waals surface area contributed by atoms with Gasteiger partial charge in [-0.1, -0.05) is 28.1 Å². The molecule has 4 heteroatoms. The minimum atomic E-state index is 0.449. The molecule has 3 nitrogen and oxygen atoms in total. The Hall–Kier alpha value is -0.870. The van der Waals surface area contributed by atoms with Crippen molar-refractivity contribution in [1.82, 2.24) is 10.6 Å². The van der Waals surface area contributed by atoms with Gasteiger partial charge in [-0.05, 0) is 17.7 Å². The van der Waals surface area contributed by atoms with E-state index in [1.54, 1.807) is 0 Å². The monoisotopic (exact) mass is 279 g/mol. The lowest BCUT2D eigenvalue weighted by Gasteiger charge is -2.08. The standard InChI is InChI=1S/C12H14BrN3/c13-9-3-1-8(2-4-9)5-12-15-10-6-14-7-11(10)16-12/h1-4,10-11,14H,5-7H2,(H,15,16). The van der Waals surface area contributed by atoms with Gasteiger partial charge in [0.05, 0.1) is 12.1 Å². The molecule has 1 aromatic carbocycles. The highest BCUT2D eigenvalue weighted by atomic mass is 79.9. The molecule has 0 aliphatic carbocycles. The average molecular weight is 280 g/mol. The van der Waals surface area contributed by atoms with Gasteiger partial charge in [-0.2, -0.15) is 0 Å². The van der Waals surface area contributed by atoms with E-state index in [1.165, 1.54) is 5.56 Å². The topological polar surface area (TPSA) is 36.4 Å². The summed E-state index contributed by atoms with van der Waals surface area (Å²) in [5.41, 5.74) is 1.31. The summed E-state index contributed by atoms with van der Waals surface area (Å²) in [5, 5.41) is 6.83. The van der Waals surface area contributed by atoms with Crippen molar-refractivity contribution in [2.45, 2.75) is 18.5 Å². The fourth-order valence-electron chi connectivity index (χ4n) is 2.29. The van der Waals surface area contributed by atoms with Gasteiger partial charge in [0.25, 0.3) is 0 Å². The summed E-state index contributed by atoms with van der Waals surface area (Å²) < 4.78 is 1.12. The van der Waals surface area contributed by atoms with Crippen molar-refractivity contribution in [3.63, 3.8) is 0 Å². The largest absolute Gasteiger partial charge is 0.367 e. The van der Waals surface area contributed by atoms with Crippen molar-refractivity contribution in [1.29, 1.82) is 0 Å². The average Bonchev–Trinajstić information content (AvgIpc) is 2.81. The van der Waals surface area contributed by atoms with E-state index in [0.717, 1.165) is 29.8 Å². The van der Waals surface area contributed by atoms with Crippen LogP contribution in [0.15, 0.2) is 33.7 Å². The normalized spacial score (nSPS) is 27.4. The van der Waals surface area contributed by atoms with E-state index in [0.29, 0.717) is 12.1 Å². The fraction of sp³-hybridized carbons (Fsp3) is 0.417. The van der Waals surface area contributed by atoms with E-state index >= 15 is 0 Å². The van der Waals surface area contributed by atoms with Crippen LogP contribution in [0.5, 0.6) is 0 Å². The Balaban J connectivity index is 1.69. The lowest BCUT2D eigenvalue weighted by molar-refractivity contribution is 0.636. The number of aliphatic imine (C=N–C) groups is 1. The van der Waals surface area contributed by atoms with Crippen molar-refractivity contribution < 1.29 is 0 Å². The third-order valence-corrected chi connectivity index (χ3v) is 3.67. The molecule has 16 heavy (non-hydrogen) atoms. The molecule has 3 rings (SSSR count). The molecule has 0 bridgehead atoms. The van der Waals surface area contributed by atoms with Gasteiger partial charge >= 0.3 is 0 Å². The van der Waals surface area contributed by atoms with Crippen molar-refractivity contribution >= 4 is 21.8 Å². The molecule has 0 aromatic heterocycles. The summed E-state index contributed by atoms with van der Waals surface area (Å²) in [4.78, 5) is 4.70. The number of rotatable bonds is 2. The van der Waals surface area contributed by atoms with Crippen LogP contribution in [0.1, 0.15) is 5.56 Å². The number of fused-ring (bicyclic) bond motifs is 1. The van der Waals surface area contributed by atoms with Gasteiger partial charge in [0.15, 0.2) is 0 Å². The number of hydrogen-bond donors (Lipinski definition) is 2. The first-order valence-corrected chi connectivity index (χ1v) is 6.39. The van der Waals surface area contributed by atoms with Gasteiger partial charge in [0, 0.05) is 24.0 Å². The molecule has 2 unspecified atom stereocenters. The third-order valence-electron chi connectivity index (χ3n) is 3.14.